The van der Waals surface area contributed by atoms with E-state index in [1.54, 1.807) is 0 Å². The number of hydrogen-bond acceptors (Lipinski definition) is 2. The van der Waals surface area contributed by atoms with Gasteiger partial charge in [-0.1, -0.05) is 18.2 Å². The highest BCUT2D eigenvalue weighted by molar-refractivity contribution is 14.1. The van der Waals surface area contributed by atoms with E-state index in [2.05, 4.69) is 38.8 Å². The zero-order valence-corrected chi connectivity index (χ0v) is 11.6. The molecule has 3 N–H and O–H groups in total. The number of benzene rings is 2. The van der Waals surface area contributed by atoms with Crippen molar-refractivity contribution >= 4 is 40.0 Å². The summed E-state index contributed by atoms with van der Waals surface area (Å²) in [4.78, 5) is 11.6. The smallest absolute Gasteiger partial charge is 0.307 e. The number of hydrogen-bond donors (Lipinski definition) is 3. The van der Waals surface area contributed by atoms with E-state index in [-0.39, 0.29) is 6.03 Å². The molecule has 0 spiro atoms. The van der Waals surface area contributed by atoms with Crippen LogP contribution in [0.2, 0.25) is 0 Å². The van der Waals surface area contributed by atoms with E-state index >= 15 is 0 Å². The fourth-order valence-corrected chi connectivity index (χ4v) is 1.71. The molecular weight excluding hydrogens is 341 g/mol. The fourth-order valence-electron chi connectivity index (χ4n) is 1.35. The molecule has 4 nitrogen and oxygen atoms in total. The van der Waals surface area contributed by atoms with Gasteiger partial charge in [-0.05, 0) is 59.0 Å². The minimum Gasteiger partial charge on any atom is -0.307 e. The third-order valence-corrected chi connectivity index (χ3v) is 2.92. The van der Waals surface area contributed by atoms with E-state index < -0.39 is 0 Å². The molecule has 0 heterocycles. The topological polar surface area (TPSA) is 53.2 Å². The first kappa shape index (κ1) is 12.7. The number of halogens is 1. The minimum absolute atomic E-state index is 0.305. The van der Waals surface area contributed by atoms with Crippen molar-refractivity contribution in [2.45, 2.75) is 0 Å². The molecule has 2 amide bonds. The molecule has 0 aliphatic carbocycles. The molecule has 0 atom stereocenters. The van der Waals surface area contributed by atoms with Gasteiger partial charge in [0.1, 0.15) is 0 Å². The highest BCUT2D eigenvalue weighted by Crippen LogP contribution is 2.10. The molecule has 0 unspecified atom stereocenters. The molecule has 0 aliphatic rings. The molecule has 0 bridgehead atoms. The second-order valence-corrected chi connectivity index (χ2v) is 4.82. The van der Waals surface area contributed by atoms with Gasteiger partial charge < -0.3 is 5.32 Å². The van der Waals surface area contributed by atoms with Crippen LogP contribution in [0.4, 0.5) is 16.2 Å². The van der Waals surface area contributed by atoms with Crippen molar-refractivity contribution in [2.24, 2.45) is 0 Å². The van der Waals surface area contributed by atoms with Crippen molar-refractivity contribution in [3.8, 4) is 0 Å². The Morgan fingerprint density at radius 2 is 1.56 bits per heavy atom. The number of para-hydroxylation sites is 1. The van der Waals surface area contributed by atoms with Crippen molar-refractivity contribution in [1.82, 2.24) is 5.43 Å². The quantitative estimate of drug-likeness (QED) is 0.585. The maximum absolute atomic E-state index is 11.6. The lowest BCUT2D eigenvalue weighted by atomic mass is 10.3. The van der Waals surface area contributed by atoms with E-state index in [1.165, 1.54) is 0 Å². The summed E-state index contributed by atoms with van der Waals surface area (Å²) in [6.07, 6.45) is 0. The summed E-state index contributed by atoms with van der Waals surface area (Å²) in [5.74, 6) is 0. The van der Waals surface area contributed by atoms with E-state index in [9.17, 15) is 4.79 Å². The van der Waals surface area contributed by atoms with Gasteiger partial charge in [0, 0.05) is 9.26 Å². The van der Waals surface area contributed by atoms with Crippen LogP contribution in [-0.2, 0) is 0 Å². The Hall–Kier alpha value is -1.76. The van der Waals surface area contributed by atoms with Gasteiger partial charge in [-0.15, -0.1) is 0 Å². The standard InChI is InChI=1S/C13H12IN3O/c14-10-6-8-11(9-7-10)15-13(18)17-16-12-4-2-1-3-5-12/h1-9,16H,(H2,15,17,18). The van der Waals surface area contributed by atoms with Gasteiger partial charge in [0.25, 0.3) is 0 Å². The lowest BCUT2D eigenvalue weighted by Gasteiger charge is -2.09. The largest absolute Gasteiger partial charge is 0.337 e. The predicted molar refractivity (Wildman–Crippen MR) is 81.4 cm³/mol. The zero-order valence-electron chi connectivity index (χ0n) is 9.48. The molecule has 0 saturated heterocycles. The molecule has 92 valence electrons. The summed E-state index contributed by atoms with van der Waals surface area (Å²) >= 11 is 2.21. The summed E-state index contributed by atoms with van der Waals surface area (Å²) < 4.78 is 1.13. The number of hydrazine groups is 1. The van der Waals surface area contributed by atoms with Crippen molar-refractivity contribution < 1.29 is 4.79 Å². The number of amides is 2. The third-order valence-electron chi connectivity index (χ3n) is 2.20. The predicted octanol–water partition coefficient (Wildman–Crippen LogP) is 3.44. The number of urea groups is 1. The number of anilines is 2. The van der Waals surface area contributed by atoms with Crippen LogP contribution in [0.15, 0.2) is 54.6 Å². The van der Waals surface area contributed by atoms with Crippen LogP contribution in [0, 0.1) is 3.57 Å². The Kier molecular flexibility index (Phi) is 4.40. The summed E-state index contributed by atoms with van der Waals surface area (Å²) in [5.41, 5.74) is 6.95. The summed E-state index contributed by atoms with van der Waals surface area (Å²) in [6.45, 7) is 0. The number of nitrogens with one attached hydrogen (secondary N) is 3. The van der Waals surface area contributed by atoms with Gasteiger partial charge >= 0.3 is 6.03 Å². The summed E-state index contributed by atoms with van der Waals surface area (Å²) in [6, 6.07) is 16.7. The van der Waals surface area contributed by atoms with Crippen LogP contribution in [0.3, 0.4) is 0 Å². The number of rotatable bonds is 3. The molecule has 0 aliphatic heterocycles. The normalized spacial score (nSPS) is 9.61. The second-order valence-electron chi connectivity index (χ2n) is 3.58. The van der Waals surface area contributed by atoms with Gasteiger partial charge in [-0.3, -0.25) is 10.9 Å². The molecule has 0 aromatic heterocycles. The first-order chi connectivity index (χ1) is 8.74. The van der Waals surface area contributed by atoms with Crippen LogP contribution in [0.1, 0.15) is 0 Å². The number of carbonyl (C=O) groups excluding carboxylic acids is 1. The van der Waals surface area contributed by atoms with E-state index in [0.29, 0.717) is 0 Å². The molecule has 2 rings (SSSR count). The van der Waals surface area contributed by atoms with Gasteiger partial charge in [-0.25, -0.2) is 4.79 Å². The SMILES string of the molecule is O=C(NNc1ccccc1)Nc1ccc(I)cc1. The van der Waals surface area contributed by atoms with Crippen LogP contribution >= 0.6 is 22.6 Å². The molecular formula is C13H12IN3O. The monoisotopic (exact) mass is 353 g/mol. The highest BCUT2D eigenvalue weighted by atomic mass is 127. The third kappa shape index (κ3) is 3.92. The molecule has 2 aromatic rings. The minimum atomic E-state index is -0.305. The van der Waals surface area contributed by atoms with Crippen LogP contribution in [-0.4, -0.2) is 6.03 Å². The molecule has 2 aromatic carbocycles. The van der Waals surface area contributed by atoms with E-state index in [0.717, 1.165) is 14.9 Å². The average molecular weight is 353 g/mol. The van der Waals surface area contributed by atoms with Gasteiger partial charge in [0.15, 0.2) is 0 Å². The van der Waals surface area contributed by atoms with Crippen molar-refractivity contribution in [1.29, 1.82) is 0 Å². The van der Waals surface area contributed by atoms with Crippen LogP contribution < -0.4 is 16.2 Å². The maximum atomic E-state index is 11.6. The molecule has 5 heteroatoms. The Balaban J connectivity index is 1.84. The van der Waals surface area contributed by atoms with Crippen molar-refractivity contribution in [2.75, 3.05) is 10.7 Å². The maximum Gasteiger partial charge on any atom is 0.337 e. The zero-order chi connectivity index (χ0) is 12.8. The Morgan fingerprint density at radius 3 is 2.22 bits per heavy atom. The molecule has 0 fully saturated rings. The molecule has 0 saturated carbocycles. The number of carbonyl (C=O) groups is 1. The van der Waals surface area contributed by atoms with Gasteiger partial charge in [0.05, 0.1) is 5.69 Å². The fraction of sp³-hybridized carbons (Fsp3) is 0. The average Bonchev–Trinajstić information content (AvgIpc) is 2.40. The van der Waals surface area contributed by atoms with Crippen molar-refractivity contribution in [3.05, 3.63) is 58.2 Å². The van der Waals surface area contributed by atoms with E-state index in [1.807, 2.05) is 54.6 Å². The second kappa shape index (κ2) is 6.25. The summed E-state index contributed by atoms with van der Waals surface area (Å²) in [7, 11) is 0. The lowest BCUT2D eigenvalue weighted by Crippen LogP contribution is -2.33. The van der Waals surface area contributed by atoms with Crippen LogP contribution in [0.5, 0.6) is 0 Å². The molecule has 0 radical (unpaired) electrons. The Bertz CT molecular complexity index is 514. The Labute approximate surface area is 119 Å². The van der Waals surface area contributed by atoms with Gasteiger partial charge in [0.2, 0.25) is 0 Å². The van der Waals surface area contributed by atoms with Gasteiger partial charge in [-0.2, -0.15) is 0 Å². The highest BCUT2D eigenvalue weighted by Gasteiger charge is 2.00. The first-order valence-corrected chi connectivity index (χ1v) is 6.45. The first-order valence-electron chi connectivity index (χ1n) is 5.38. The Morgan fingerprint density at radius 1 is 0.889 bits per heavy atom. The lowest BCUT2D eigenvalue weighted by molar-refractivity contribution is 0.254. The summed E-state index contributed by atoms with van der Waals surface area (Å²) in [5, 5.41) is 2.72. The molecule has 18 heavy (non-hydrogen) atoms. The van der Waals surface area contributed by atoms with E-state index in [4.69, 9.17) is 0 Å². The van der Waals surface area contributed by atoms with Crippen LogP contribution in [0.25, 0.3) is 0 Å². The van der Waals surface area contributed by atoms with Crippen molar-refractivity contribution in [3.63, 3.8) is 0 Å².